The van der Waals surface area contributed by atoms with Gasteiger partial charge in [-0.25, -0.2) is 9.37 Å². The van der Waals surface area contributed by atoms with Crippen LogP contribution in [0, 0.1) is 5.82 Å². The molecule has 1 amide bonds. The molecular formula is C21H22FN3O2. The Kier molecular flexibility index (Phi) is 5.64. The molecule has 1 N–H and O–H groups in total. The summed E-state index contributed by atoms with van der Waals surface area (Å²) in [5, 5.41) is 0.560. The fourth-order valence-corrected chi connectivity index (χ4v) is 3.02. The van der Waals surface area contributed by atoms with E-state index in [9.17, 15) is 14.0 Å². The van der Waals surface area contributed by atoms with Gasteiger partial charge in [-0.15, -0.1) is 0 Å². The van der Waals surface area contributed by atoms with Crippen LogP contribution in [0.4, 0.5) is 4.39 Å². The van der Waals surface area contributed by atoms with Gasteiger partial charge in [-0.3, -0.25) is 9.59 Å². The van der Waals surface area contributed by atoms with Crippen molar-refractivity contribution < 1.29 is 9.18 Å². The standard InChI is InChI=1S/C21H22FN3O2/c1-14(15-10-12-16(22)13-11-15)25(2)20(26)9-5-8-19-23-18-7-4-3-6-17(18)21(27)24-19/h3-4,6-7,10-14H,5,8-9H2,1-2H3,(H,23,24,27). The zero-order valence-electron chi connectivity index (χ0n) is 15.4. The van der Waals surface area contributed by atoms with E-state index in [0.717, 1.165) is 5.56 Å². The summed E-state index contributed by atoms with van der Waals surface area (Å²) in [6.07, 6.45) is 1.45. The predicted molar refractivity (Wildman–Crippen MR) is 103 cm³/mol. The Morgan fingerprint density at radius 2 is 1.89 bits per heavy atom. The number of para-hydroxylation sites is 1. The number of rotatable bonds is 6. The molecule has 1 aromatic heterocycles. The lowest BCUT2D eigenvalue weighted by molar-refractivity contribution is -0.131. The summed E-state index contributed by atoms with van der Waals surface area (Å²) in [5.41, 5.74) is 1.38. The van der Waals surface area contributed by atoms with Gasteiger partial charge in [0.2, 0.25) is 5.91 Å². The summed E-state index contributed by atoms with van der Waals surface area (Å²) in [6.45, 7) is 1.91. The van der Waals surface area contributed by atoms with Crippen LogP contribution in [-0.4, -0.2) is 27.8 Å². The van der Waals surface area contributed by atoms with Crippen LogP contribution in [0.2, 0.25) is 0 Å². The van der Waals surface area contributed by atoms with E-state index < -0.39 is 0 Å². The first-order valence-corrected chi connectivity index (χ1v) is 8.95. The van der Waals surface area contributed by atoms with E-state index in [0.29, 0.717) is 36.0 Å². The smallest absolute Gasteiger partial charge is 0.258 e. The van der Waals surface area contributed by atoms with Gasteiger partial charge in [-0.05, 0) is 43.2 Å². The molecule has 0 aliphatic carbocycles. The number of aromatic amines is 1. The second-order valence-electron chi connectivity index (χ2n) is 6.62. The molecule has 0 spiro atoms. The number of H-pyrrole nitrogens is 1. The number of fused-ring (bicyclic) bond motifs is 1. The first-order valence-electron chi connectivity index (χ1n) is 8.95. The summed E-state index contributed by atoms with van der Waals surface area (Å²) < 4.78 is 13.1. The van der Waals surface area contributed by atoms with Crippen molar-refractivity contribution in [2.45, 2.75) is 32.2 Å². The molecule has 0 aliphatic rings. The van der Waals surface area contributed by atoms with Crippen molar-refractivity contribution in [3.05, 3.63) is 76.1 Å². The third-order valence-corrected chi connectivity index (χ3v) is 4.79. The third-order valence-electron chi connectivity index (χ3n) is 4.79. The fraction of sp³-hybridized carbons (Fsp3) is 0.286. The van der Waals surface area contributed by atoms with Crippen LogP contribution in [0.15, 0.2) is 53.3 Å². The van der Waals surface area contributed by atoms with Gasteiger partial charge < -0.3 is 9.88 Å². The average Bonchev–Trinajstić information content (AvgIpc) is 2.67. The molecule has 0 saturated heterocycles. The highest BCUT2D eigenvalue weighted by Crippen LogP contribution is 2.20. The number of carbonyl (C=O) groups excluding carboxylic acids is 1. The molecular weight excluding hydrogens is 345 g/mol. The highest BCUT2D eigenvalue weighted by Gasteiger charge is 2.17. The van der Waals surface area contributed by atoms with Gasteiger partial charge in [-0.1, -0.05) is 24.3 Å². The van der Waals surface area contributed by atoms with Crippen molar-refractivity contribution in [3.8, 4) is 0 Å². The van der Waals surface area contributed by atoms with Crippen molar-refractivity contribution in [2.75, 3.05) is 7.05 Å². The number of hydrogen-bond acceptors (Lipinski definition) is 3. The molecule has 3 aromatic rings. The second kappa shape index (κ2) is 8.12. The van der Waals surface area contributed by atoms with Gasteiger partial charge in [0.05, 0.1) is 16.9 Å². The van der Waals surface area contributed by atoms with Crippen LogP contribution in [0.25, 0.3) is 10.9 Å². The zero-order chi connectivity index (χ0) is 19.4. The first kappa shape index (κ1) is 18.8. The SMILES string of the molecule is CC(c1ccc(F)cc1)N(C)C(=O)CCCc1nc2ccccc2c(=O)[nH]1. The zero-order valence-corrected chi connectivity index (χ0v) is 15.4. The van der Waals surface area contributed by atoms with E-state index in [2.05, 4.69) is 9.97 Å². The molecule has 1 heterocycles. The van der Waals surface area contributed by atoms with Gasteiger partial charge in [-0.2, -0.15) is 0 Å². The third kappa shape index (κ3) is 4.39. The number of hydrogen-bond donors (Lipinski definition) is 1. The lowest BCUT2D eigenvalue weighted by Crippen LogP contribution is -2.29. The minimum absolute atomic E-state index is 0.00467. The molecule has 3 rings (SSSR count). The van der Waals surface area contributed by atoms with Crippen LogP contribution in [0.5, 0.6) is 0 Å². The molecule has 2 aromatic carbocycles. The van der Waals surface area contributed by atoms with Crippen molar-refractivity contribution in [2.24, 2.45) is 0 Å². The van der Waals surface area contributed by atoms with Crippen LogP contribution in [-0.2, 0) is 11.2 Å². The number of nitrogens with one attached hydrogen (secondary N) is 1. The highest BCUT2D eigenvalue weighted by atomic mass is 19.1. The minimum atomic E-state index is -0.295. The van der Waals surface area contributed by atoms with E-state index in [1.807, 2.05) is 13.0 Å². The lowest BCUT2D eigenvalue weighted by atomic mass is 10.1. The van der Waals surface area contributed by atoms with Gasteiger partial charge in [0.1, 0.15) is 11.6 Å². The number of aromatic nitrogens is 2. The monoisotopic (exact) mass is 367 g/mol. The lowest BCUT2D eigenvalue weighted by Gasteiger charge is -2.25. The van der Waals surface area contributed by atoms with Crippen molar-refractivity contribution in [1.82, 2.24) is 14.9 Å². The van der Waals surface area contributed by atoms with Gasteiger partial charge in [0.15, 0.2) is 0 Å². The quantitative estimate of drug-likeness (QED) is 0.724. The maximum absolute atomic E-state index is 13.1. The number of halogens is 1. The van der Waals surface area contributed by atoms with Crippen LogP contribution < -0.4 is 5.56 Å². The molecule has 5 nitrogen and oxygen atoms in total. The fourth-order valence-electron chi connectivity index (χ4n) is 3.02. The Hall–Kier alpha value is -3.02. The van der Waals surface area contributed by atoms with E-state index in [-0.39, 0.29) is 23.3 Å². The van der Waals surface area contributed by atoms with Gasteiger partial charge >= 0.3 is 0 Å². The maximum Gasteiger partial charge on any atom is 0.258 e. The van der Waals surface area contributed by atoms with Crippen LogP contribution >= 0.6 is 0 Å². The average molecular weight is 367 g/mol. The largest absolute Gasteiger partial charge is 0.339 e. The predicted octanol–water partition coefficient (Wildman–Crippen LogP) is 3.60. The summed E-state index contributed by atoms with van der Waals surface area (Å²) in [4.78, 5) is 33.4. The van der Waals surface area contributed by atoms with Crippen LogP contribution in [0.1, 0.15) is 37.2 Å². The topological polar surface area (TPSA) is 66.1 Å². The summed E-state index contributed by atoms with van der Waals surface area (Å²) in [7, 11) is 1.74. The summed E-state index contributed by atoms with van der Waals surface area (Å²) in [5.74, 6) is 0.285. The Morgan fingerprint density at radius 3 is 2.63 bits per heavy atom. The van der Waals surface area contributed by atoms with E-state index >= 15 is 0 Å². The van der Waals surface area contributed by atoms with Crippen molar-refractivity contribution >= 4 is 16.8 Å². The summed E-state index contributed by atoms with van der Waals surface area (Å²) in [6, 6.07) is 13.2. The highest BCUT2D eigenvalue weighted by molar-refractivity contribution is 5.77. The maximum atomic E-state index is 13.1. The van der Waals surface area contributed by atoms with Gasteiger partial charge in [0, 0.05) is 19.9 Å². The number of nitrogens with zero attached hydrogens (tertiary/aromatic N) is 2. The Morgan fingerprint density at radius 1 is 1.19 bits per heavy atom. The molecule has 27 heavy (non-hydrogen) atoms. The molecule has 140 valence electrons. The Bertz CT molecular complexity index is 998. The van der Waals surface area contributed by atoms with E-state index in [4.69, 9.17) is 0 Å². The van der Waals surface area contributed by atoms with Crippen LogP contribution in [0.3, 0.4) is 0 Å². The molecule has 0 radical (unpaired) electrons. The molecule has 0 bridgehead atoms. The molecule has 0 saturated carbocycles. The van der Waals surface area contributed by atoms with Crippen molar-refractivity contribution in [3.63, 3.8) is 0 Å². The molecule has 1 unspecified atom stereocenters. The minimum Gasteiger partial charge on any atom is -0.339 e. The molecule has 0 fully saturated rings. The number of carbonyl (C=O) groups is 1. The molecule has 1 atom stereocenters. The normalized spacial score (nSPS) is 12.1. The molecule has 6 heteroatoms. The first-order chi connectivity index (χ1) is 13.0. The number of benzene rings is 2. The van der Waals surface area contributed by atoms with Crippen molar-refractivity contribution in [1.29, 1.82) is 0 Å². The summed E-state index contributed by atoms with van der Waals surface area (Å²) >= 11 is 0. The Labute approximate surface area is 156 Å². The van der Waals surface area contributed by atoms with E-state index in [1.165, 1.54) is 12.1 Å². The molecule has 0 aliphatic heterocycles. The van der Waals surface area contributed by atoms with Gasteiger partial charge in [0.25, 0.3) is 5.56 Å². The Balaban J connectivity index is 1.59. The number of amides is 1. The second-order valence-corrected chi connectivity index (χ2v) is 6.62. The van der Waals surface area contributed by atoms with E-state index in [1.54, 1.807) is 42.3 Å². The number of aryl methyl sites for hydroxylation is 1.